The van der Waals surface area contributed by atoms with E-state index in [1.807, 2.05) is 0 Å². The van der Waals surface area contributed by atoms with Crippen molar-refractivity contribution in [3.8, 4) is 0 Å². The van der Waals surface area contributed by atoms with Gasteiger partial charge in [-0.2, -0.15) is 13.2 Å². The van der Waals surface area contributed by atoms with E-state index in [4.69, 9.17) is 5.11 Å². The number of carbonyl (C=O) groups is 1. The molecule has 0 atom stereocenters. The number of hydrogen-bond donors (Lipinski definition) is 2. The van der Waals surface area contributed by atoms with Crippen molar-refractivity contribution in [3.63, 3.8) is 0 Å². The summed E-state index contributed by atoms with van der Waals surface area (Å²) in [7, 11) is 0. The summed E-state index contributed by atoms with van der Waals surface area (Å²) in [4.78, 5) is 9.76. The Morgan fingerprint density at radius 3 is 2.27 bits per heavy atom. The molecule has 64 valence electrons. The summed E-state index contributed by atoms with van der Waals surface area (Å²) in [6, 6.07) is 0. The third-order valence-corrected chi connectivity index (χ3v) is 0.698. The number of carboxylic acid groups (broad SMARTS) is 1. The highest BCUT2D eigenvalue weighted by atomic mass is 19.4. The lowest BCUT2D eigenvalue weighted by molar-refractivity contribution is -0.127. The van der Waals surface area contributed by atoms with Gasteiger partial charge in [-0.05, 0) is 0 Å². The number of nitrogens with one attached hydrogen (secondary N) is 1. The largest absolute Gasteiger partial charge is 0.465 e. The predicted molar refractivity (Wildman–Crippen MR) is 31.0 cm³/mol. The van der Waals surface area contributed by atoms with Crippen molar-refractivity contribution in [1.82, 2.24) is 5.32 Å². The molecule has 0 unspecified atom stereocenters. The van der Waals surface area contributed by atoms with E-state index in [2.05, 4.69) is 6.58 Å². The number of amides is 1. The van der Waals surface area contributed by atoms with Gasteiger partial charge in [-0.15, -0.1) is 0 Å². The van der Waals surface area contributed by atoms with Gasteiger partial charge in [-0.3, -0.25) is 5.32 Å². The van der Waals surface area contributed by atoms with E-state index >= 15 is 0 Å². The smallest absolute Gasteiger partial charge is 0.408 e. The highest BCUT2D eigenvalue weighted by molar-refractivity contribution is 5.66. The van der Waals surface area contributed by atoms with Crippen LogP contribution >= 0.6 is 0 Å². The van der Waals surface area contributed by atoms with Crippen molar-refractivity contribution in [1.29, 1.82) is 0 Å². The van der Waals surface area contributed by atoms with Crippen LogP contribution in [0.1, 0.15) is 6.42 Å². The molecule has 0 aliphatic heterocycles. The Labute approximate surface area is 60.5 Å². The Morgan fingerprint density at radius 2 is 2.00 bits per heavy atom. The average Bonchev–Trinajstić information content (AvgIpc) is 1.53. The van der Waals surface area contributed by atoms with Gasteiger partial charge in [-0.1, -0.05) is 6.58 Å². The van der Waals surface area contributed by atoms with Gasteiger partial charge in [0.2, 0.25) is 0 Å². The molecule has 0 spiro atoms. The fourth-order valence-electron chi connectivity index (χ4n) is 0.437. The maximum Gasteiger partial charge on any atom is 0.408 e. The lowest BCUT2D eigenvalue weighted by atomic mass is 10.3. The van der Waals surface area contributed by atoms with Crippen LogP contribution in [-0.2, 0) is 0 Å². The first-order chi connectivity index (χ1) is 4.81. The molecule has 0 fully saturated rings. The van der Waals surface area contributed by atoms with Crippen LogP contribution in [-0.4, -0.2) is 17.4 Å². The maximum atomic E-state index is 11.5. The Morgan fingerprint density at radius 1 is 1.55 bits per heavy atom. The van der Waals surface area contributed by atoms with E-state index in [0.717, 1.165) is 0 Å². The molecule has 0 bridgehead atoms. The molecule has 0 saturated carbocycles. The molecule has 0 aliphatic rings. The number of alkyl halides is 3. The second-order valence-electron chi connectivity index (χ2n) is 1.83. The van der Waals surface area contributed by atoms with Gasteiger partial charge in [0.1, 0.15) is 0 Å². The Kier molecular flexibility index (Phi) is 2.91. The minimum absolute atomic E-state index is 0.579. The normalized spacial score (nSPS) is 10.8. The number of hydrogen-bond acceptors (Lipinski definition) is 1. The van der Waals surface area contributed by atoms with Crippen LogP contribution in [0.25, 0.3) is 0 Å². The summed E-state index contributed by atoms with van der Waals surface area (Å²) in [6.07, 6.45) is -7.29. The second-order valence-corrected chi connectivity index (χ2v) is 1.83. The van der Waals surface area contributed by atoms with E-state index in [9.17, 15) is 18.0 Å². The highest BCUT2D eigenvalue weighted by Gasteiger charge is 2.28. The fraction of sp³-hybridized carbons (Fsp3) is 0.400. The molecule has 0 aromatic heterocycles. The summed E-state index contributed by atoms with van der Waals surface area (Å²) in [6.45, 7) is 2.87. The zero-order valence-electron chi connectivity index (χ0n) is 5.40. The van der Waals surface area contributed by atoms with Gasteiger partial charge >= 0.3 is 12.3 Å². The molecule has 11 heavy (non-hydrogen) atoms. The molecule has 0 aliphatic carbocycles. The molecule has 0 saturated heterocycles. The number of allylic oxidation sites excluding steroid dienone is 1. The average molecular weight is 169 g/mol. The summed E-state index contributed by atoms with van der Waals surface area (Å²) in [5, 5.41) is 9.44. The lowest BCUT2D eigenvalue weighted by Crippen LogP contribution is -2.23. The monoisotopic (exact) mass is 169 g/mol. The summed E-state index contributed by atoms with van der Waals surface area (Å²) >= 11 is 0. The van der Waals surface area contributed by atoms with Crippen LogP contribution < -0.4 is 5.32 Å². The van der Waals surface area contributed by atoms with Crippen LogP contribution in [0.2, 0.25) is 0 Å². The van der Waals surface area contributed by atoms with E-state index in [0.29, 0.717) is 0 Å². The van der Waals surface area contributed by atoms with Crippen LogP contribution in [0.4, 0.5) is 18.0 Å². The third-order valence-electron chi connectivity index (χ3n) is 0.698. The van der Waals surface area contributed by atoms with Gasteiger partial charge in [0.05, 0.1) is 6.42 Å². The first-order valence-electron chi connectivity index (χ1n) is 2.56. The minimum atomic E-state index is -4.42. The number of halogens is 3. The molecule has 0 rings (SSSR count). The molecule has 0 radical (unpaired) electrons. The Balaban J connectivity index is 3.80. The Bertz CT molecular complexity index is 175. The van der Waals surface area contributed by atoms with Crippen LogP contribution in [0.15, 0.2) is 12.3 Å². The molecule has 1 amide bonds. The molecular formula is C5H6F3NO2. The maximum absolute atomic E-state index is 11.5. The van der Waals surface area contributed by atoms with Crippen molar-refractivity contribution in [2.75, 3.05) is 0 Å². The van der Waals surface area contributed by atoms with Crippen molar-refractivity contribution >= 4 is 6.09 Å². The topological polar surface area (TPSA) is 49.3 Å². The number of rotatable bonds is 2. The molecule has 2 N–H and O–H groups in total. The lowest BCUT2D eigenvalue weighted by Gasteiger charge is -2.07. The molecule has 0 aromatic rings. The molecular weight excluding hydrogens is 163 g/mol. The summed E-state index contributed by atoms with van der Waals surface area (Å²) in [5.41, 5.74) is -0.579. The second kappa shape index (κ2) is 3.27. The molecule has 3 nitrogen and oxygen atoms in total. The van der Waals surface area contributed by atoms with Gasteiger partial charge < -0.3 is 5.11 Å². The van der Waals surface area contributed by atoms with Crippen LogP contribution in [0, 0.1) is 0 Å². The zero-order valence-corrected chi connectivity index (χ0v) is 5.40. The minimum Gasteiger partial charge on any atom is -0.465 e. The quantitative estimate of drug-likeness (QED) is 0.661. The van der Waals surface area contributed by atoms with Crippen molar-refractivity contribution in [2.24, 2.45) is 0 Å². The van der Waals surface area contributed by atoms with Gasteiger partial charge in [0, 0.05) is 5.70 Å². The van der Waals surface area contributed by atoms with Crippen molar-refractivity contribution in [2.45, 2.75) is 12.6 Å². The summed E-state index contributed by atoms with van der Waals surface area (Å²) < 4.78 is 34.4. The molecule has 0 heterocycles. The van der Waals surface area contributed by atoms with Crippen molar-refractivity contribution in [3.05, 3.63) is 12.3 Å². The highest BCUT2D eigenvalue weighted by Crippen LogP contribution is 2.22. The van der Waals surface area contributed by atoms with E-state index < -0.39 is 24.4 Å². The van der Waals surface area contributed by atoms with Crippen LogP contribution in [0.3, 0.4) is 0 Å². The van der Waals surface area contributed by atoms with Crippen LogP contribution in [0.5, 0.6) is 0 Å². The first-order valence-corrected chi connectivity index (χ1v) is 2.56. The third kappa shape index (κ3) is 6.69. The summed E-state index contributed by atoms with van der Waals surface area (Å²) in [5.74, 6) is 0. The standard InChI is InChI=1S/C5H6F3NO2/c1-3(9-4(10)11)2-5(6,7)8/h9H,1-2H2,(H,10,11). The van der Waals surface area contributed by atoms with Gasteiger partial charge in [0.25, 0.3) is 0 Å². The SMILES string of the molecule is C=C(CC(F)(F)F)NC(=O)O. The molecule has 6 heteroatoms. The molecule has 0 aromatic carbocycles. The van der Waals surface area contributed by atoms with E-state index in [1.54, 1.807) is 0 Å². The van der Waals surface area contributed by atoms with Crippen molar-refractivity contribution < 1.29 is 23.1 Å². The van der Waals surface area contributed by atoms with Gasteiger partial charge in [-0.25, -0.2) is 4.79 Å². The van der Waals surface area contributed by atoms with Gasteiger partial charge in [0.15, 0.2) is 0 Å². The fourth-order valence-corrected chi connectivity index (χ4v) is 0.437. The first kappa shape index (κ1) is 9.80. The van der Waals surface area contributed by atoms with E-state index in [-0.39, 0.29) is 0 Å². The Hall–Kier alpha value is -1.20. The zero-order chi connectivity index (χ0) is 9.07. The predicted octanol–water partition coefficient (Wildman–Crippen LogP) is 1.72. The van der Waals surface area contributed by atoms with E-state index in [1.165, 1.54) is 5.32 Å².